The molecule has 1 aromatic carbocycles. The molecule has 4 N–H and O–H groups in total. The van der Waals surface area contributed by atoms with Crippen LogP contribution in [0.4, 0.5) is 13.2 Å². The van der Waals surface area contributed by atoms with Crippen molar-refractivity contribution in [3.05, 3.63) is 23.3 Å². The van der Waals surface area contributed by atoms with E-state index in [9.17, 15) is 23.4 Å². The van der Waals surface area contributed by atoms with Crippen molar-refractivity contribution in [2.75, 3.05) is 13.7 Å². The van der Waals surface area contributed by atoms with Crippen molar-refractivity contribution in [3.63, 3.8) is 0 Å². The average molecular weight is 251 g/mol. The molecule has 1 rings (SSSR count). The number of hydrogen-bond donors (Lipinski definition) is 3. The summed E-state index contributed by atoms with van der Waals surface area (Å²) in [6, 6.07) is 1.70. The molecular weight excluding hydrogens is 239 g/mol. The fraction of sp³-hybridized carbons (Fsp3) is 0.400. The topological polar surface area (TPSA) is 75.7 Å². The number of hydrogen-bond acceptors (Lipinski definition) is 4. The monoisotopic (exact) mass is 251 g/mol. The van der Waals surface area contributed by atoms with Crippen LogP contribution in [0.5, 0.6) is 11.5 Å². The molecule has 1 aromatic rings. The maximum absolute atomic E-state index is 12.6. The molecule has 1 unspecified atom stereocenters. The zero-order chi connectivity index (χ0) is 13.2. The lowest BCUT2D eigenvalue weighted by atomic mass is 10.0. The highest BCUT2D eigenvalue weighted by molar-refractivity contribution is 5.53. The number of phenols is 1. The number of nitrogens with two attached hydrogens (primary N) is 1. The molecule has 17 heavy (non-hydrogen) atoms. The van der Waals surface area contributed by atoms with E-state index in [4.69, 9.17) is 5.73 Å². The van der Waals surface area contributed by atoms with Gasteiger partial charge in [-0.2, -0.15) is 13.2 Å². The fourth-order valence-electron chi connectivity index (χ4n) is 1.41. The van der Waals surface area contributed by atoms with Gasteiger partial charge in [-0.1, -0.05) is 6.07 Å². The van der Waals surface area contributed by atoms with Gasteiger partial charge in [0.05, 0.1) is 13.2 Å². The number of halogens is 3. The second-order valence-corrected chi connectivity index (χ2v) is 3.33. The third-order valence-corrected chi connectivity index (χ3v) is 2.25. The van der Waals surface area contributed by atoms with Gasteiger partial charge in [-0.05, 0) is 6.07 Å². The Balaban J connectivity index is 3.37. The first-order valence-corrected chi connectivity index (χ1v) is 4.68. The maximum atomic E-state index is 12.6. The molecule has 0 saturated carbocycles. The molecule has 7 heteroatoms. The normalized spacial score (nSPS) is 13.5. The van der Waals surface area contributed by atoms with Gasteiger partial charge < -0.3 is 20.7 Å². The molecule has 0 aliphatic carbocycles. The number of aliphatic hydroxyl groups excluding tert-OH is 1. The average Bonchev–Trinajstić information content (AvgIpc) is 2.26. The van der Waals surface area contributed by atoms with Crippen molar-refractivity contribution in [1.82, 2.24) is 0 Å². The highest BCUT2D eigenvalue weighted by Gasteiger charge is 2.36. The first-order chi connectivity index (χ1) is 7.82. The van der Waals surface area contributed by atoms with Crippen molar-refractivity contribution in [1.29, 1.82) is 0 Å². The fourth-order valence-corrected chi connectivity index (χ4v) is 1.41. The van der Waals surface area contributed by atoms with E-state index in [1.807, 2.05) is 0 Å². The molecule has 0 radical (unpaired) electrons. The summed E-state index contributed by atoms with van der Waals surface area (Å²) in [6.45, 7) is -0.220. The predicted octanol–water partition coefficient (Wildman–Crippen LogP) is 1.41. The first kappa shape index (κ1) is 13.6. The van der Waals surface area contributed by atoms with Gasteiger partial charge in [0.15, 0.2) is 11.5 Å². The largest absolute Gasteiger partial charge is 0.504 e. The number of benzene rings is 1. The van der Waals surface area contributed by atoms with Crippen LogP contribution in [0.25, 0.3) is 0 Å². The lowest BCUT2D eigenvalue weighted by molar-refractivity contribution is -0.138. The van der Waals surface area contributed by atoms with Crippen LogP contribution in [0.1, 0.15) is 17.2 Å². The van der Waals surface area contributed by atoms with Crippen LogP contribution in [-0.4, -0.2) is 23.9 Å². The van der Waals surface area contributed by atoms with E-state index in [1.54, 1.807) is 0 Å². The first-order valence-electron chi connectivity index (χ1n) is 4.68. The Bertz CT molecular complexity index is 407. The van der Waals surface area contributed by atoms with Crippen LogP contribution in [-0.2, 0) is 6.18 Å². The summed E-state index contributed by atoms with van der Waals surface area (Å²) in [7, 11) is 1.00. The second kappa shape index (κ2) is 4.80. The van der Waals surface area contributed by atoms with Crippen molar-refractivity contribution >= 4 is 0 Å². The molecule has 0 heterocycles. The minimum atomic E-state index is -4.64. The van der Waals surface area contributed by atoms with Gasteiger partial charge in [-0.25, -0.2) is 0 Å². The number of alkyl halides is 3. The van der Waals surface area contributed by atoms with Crippen molar-refractivity contribution in [2.45, 2.75) is 12.3 Å². The molecule has 0 amide bonds. The molecule has 0 saturated heterocycles. The molecule has 0 fully saturated rings. The summed E-state index contributed by atoms with van der Waals surface area (Å²) in [6.07, 6.45) is -5.89. The molecule has 0 aliphatic heterocycles. The van der Waals surface area contributed by atoms with Crippen LogP contribution in [0.2, 0.25) is 0 Å². The van der Waals surface area contributed by atoms with Gasteiger partial charge in [-0.15, -0.1) is 0 Å². The van der Waals surface area contributed by atoms with Crippen molar-refractivity contribution < 1.29 is 28.1 Å². The molecule has 4 nitrogen and oxygen atoms in total. The number of ether oxygens (including phenoxy) is 1. The van der Waals surface area contributed by atoms with Crippen LogP contribution in [0.3, 0.4) is 0 Å². The second-order valence-electron chi connectivity index (χ2n) is 3.33. The summed E-state index contributed by atoms with van der Waals surface area (Å²) >= 11 is 0. The lowest BCUT2D eigenvalue weighted by Gasteiger charge is -2.17. The molecule has 0 bridgehead atoms. The highest BCUT2D eigenvalue weighted by Crippen LogP contribution is 2.43. The van der Waals surface area contributed by atoms with Gasteiger partial charge in [0.25, 0.3) is 0 Å². The Labute approximate surface area is 95.4 Å². The zero-order valence-corrected chi connectivity index (χ0v) is 8.95. The maximum Gasteiger partial charge on any atom is 0.420 e. The molecule has 0 aromatic heterocycles. The third kappa shape index (κ3) is 2.62. The number of methoxy groups -OCH3 is 1. The molecule has 96 valence electrons. The van der Waals surface area contributed by atoms with E-state index in [2.05, 4.69) is 4.74 Å². The van der Waals surface area contributed by atoms with Crippen molar-refractivity contribution in [3.8, 4) is 11.5 Å². The Hall–Kier alpha value is -1.47. The molecule has 0 aliphatic rings. The molecular formula is C10H12F3NO3. The van der Waals surface area contributed by atoms with Crippen LogP contribution in [0.15, 0.2) is 12.1 Å². The predicted molar refractivity (Wildman–Crippen MR) is 53.7 cm³/mol. The van der Waals surface area contributed by atoms with Gasteiger partial charge in [-0.3, -0.25) is 0 Å². The van der Waals surface area contributed by atoms with E-state index in [1.165, 1.54) is 0 Å². The van der Waals surface area contributed by atoms with E-state index in [-0.39, 0.29) is 12.1 Å². The van der Waals surface area contributed by atoms with Gasteiger partial charge in [0.1, 0.15) is 5.56 Å². The summed E-state index contributed by atoms with van der Waals surface area (Å²) in [5.41, 5.74) is 3.96. The van der Waals surface area contributed by atoms with Crippen LogP contribution in [0, 0.1) is 0 Å². The zero-order valence-electron chi connectivity index (χ0n) is 8.95. The van der Waals surface area contributed by atoms with E-state index in [0.29, 0.717) is 0 Å². The molecule has 1 atom stereocenters. The van der Waals surface area contributed by atoms with Crippen LogP contribution < -0.4 is 10.5 Å². The number of aliphatic hydroxyl groups is 1. The van der Waals surface area contributed by atoms with Gasteiger partial charge >= 0.3 is 6.18 Å². The van der Waals surface area contributed by atoms with E-state index < -0.39 is 29.3 Å². The summed E-state index contributed by atoms with van der Waals surface area (Å²) in [5, 5.41) is 19.0. The van der Waals surface area contributed by atoms with Crippen LogP contribution >= 0.6 is 0 Å². The smallest absolute Gasteiger partial charge is 0.420 e. The molecule has 0 spiro atoms. The van der Waals surface area contributed by atoms with Crippen molar-refractivity contribution in [2.24, 2.45) is 5.73 Å². The Morgan fingerprint density at radius 1 is 1.41 bits per heavy atom. The quantitative estimate of drug-likeness (QED) is 0.759. The van der Waals surface area contributed by atoms with E-state index in [0.717, 1.165) is 19.2 Å². The minimum absolute atomic E-state index is 0.0997. The summed E-state index contributed by atoms with van der Waals surface area (Å²) < 4.78 is 42.2. The summed E-state index contributed by atoms with van der Waals surface area (Å²) in [5.74, 6) is -1.47. The Kier molecular flexibility index (Phi) is 3.84. The number of phenolic OH excluding ortho intramolecular Hbond substituents is 1. The Morgan fingerprint density at radius 3 is 2.41 bits per heavy atom. The summed E-state index contributed by atoms with van der Waals surface area (Å²) in [4.78, 5) is 0. The van der Waals surface area contributed by atoms with Gasteiger partial charge in [0.2, 0.25) is 0 Å². The lowest BCUT2D eigenvalue weighted by Crippen LogP contribution is -2.13. The highest BCUT2D eigenvalue weighted by atomic mass is 19.4. The van der Waals surface area contributed by atoms with E-state index >= 15 is 0 Å². The number of rotatable bonds is 3. The third-order valence-electron chi connectivity index (χ3n) is 2.25. The van der Waals surface area contributed by atoms with Gasteiger partial charge in [0, 0.05) is 12.1 Å². The Morgan fingerprint density at radius 2 is 2.00 bits per heavy atom. The SMILES string of the molecule is COc1c(C(F)(F)F)ccc(C(O)CN)c1O. The standard InChI is InChI=1S/C10H12F3NO3/c1-17-9-6(10(11,12)13)3-2-5(8(9)16)7(15)4-14/h2-3,7,15-16H,4,14H2,1H3. The number of aromatic hydroxyl groups is 1. The minimum Gasteiger partial charge on any atom is -0.504 e.